The molecule has 2 heterocycles. The van der Waals surface area contributed by atoms with E-state index in [1.54, 1.807) is 6.20 Å². The van der Waals surface area contributed by atoms with Crippen LogP contribution in [-0.4, -0.2) is 32.3 Å². The molecule has 8 saturated carbocycles. The molecule has 0 radical (unpaired) electrons. The summed E-state index contributed by atoms with van der Waals surface area (Å²) in [6, 6.07) is 9.76. The maximum atomic E-state index is 13.5. The van der Waals surface area contributed by atoms with Crippen LogP contribution in [0.3, 0.4) is 0 Å². The maximum Gasteiger partial charge on any atom is 0.270 e. The molecule has 2 amide bonds. The van der Waals surface area contributed by atoms with E-state index in [1.807, 2.05) is 30.3 Å². The number of nitrogens with one attached hydrogen (secondary N) is 3. The van der Waals surface area contributed by atoms with Crippen molar-refractivity contribution in [1.29, 1.82) is 0 Å². The minimum absolute atomic E-state index is 0.0357. The van der Waals surface area contributed by atoms with E-state index < -0.39 is 0 Å². The summed E-state index contributed by atoms with van der Waals surface area (Å²) in [5.41, 5.74) is 3.58. The number of hydrogen-bond acceptors (Lipinski definition) is 4. The van der Waals surface area contributed by atoms with Gasteiger partial charge in [0.1, 0.15) is 11.5 Å². The van der Waals surface area contributed by atoms with E-state index in [1.165, 1.54) is 38.5 Å². The van der Waals surface area contributed by atoms with E-state index >= 15 is 0 Å². The fraction of sp³-hybridized carbons (Fsp3) is 0.588. The Kier molecular flexibility index (Phi) is 5.14. The molecule has 0 spiro atoms. The van der Waals surface area contributed by atoms with Crippen molar-refractivity contribution in [2.24, 2.45) is 40.9 Å². The number of H-pyrrole nitrogens is 1. The van der Waals surface area contributed by atoms with Gasteiger partial charge in [-0.3, -0.25) is 9.59 Å². The van der Waals surface area contributed by atoms with E-state index in [-0.39, 0.29) is 22.8 Å². The third-order valence-electron chi connectivity index (χ3n) is 12.0. The van der Waals surface area contributed by atoms with Crippen LogP contribution in [0.5, 0.6) is 0 Å². The van der Waals surface area contributed by atoms with E-state index in [9.17, 15) is 9.59 Å². The number of pyridine rings is 1. The van der Waals surface area contributed by atoms with Crippen molar-refractivity contribution in [3.05, 3.63) is 42.2 Å². The first kappa shape index (κ1) is 24.4. The third kappa shape index (κ3) is 4.05. The van der Waals surface area contributed by atoms with Gasteiger partial charge in [0.15, 0.2) is 0 Å². The van der Waals surface area contributed by atoms with Gasteiger partial charge in [-0.1, -0.05) is 0 Å². The third-order valence-corrected chi connectivity index (χ3v) is 12.0. The number of hydrogen-bond donors (Lipinski definition) is 3. The van der Waals surface area contributed by atoms with Crippen LogP contribution in [0.15, 0.2) is 36.5 Å². The van der Waals surface area contributed by atoms with Crippen molar-refractivity contribution in [1.82, 2.24) is 20.3 Å². The summed E-state index contributed by atoms with van der Waals surface area (Å²) in [6.07, 6.45) is 16.4. The highest BCUT2D eigenvalue weighted by Gasteiger charge is 2.55. The number of rotatable bonds is 5. The van der Waals surface area contributed by atoms with Crippen LogP contribution in [0.4, 0.5) is 5.69 Å². The number of aromatic nitrogens is 3. The number of fused-ring (bicyclic) bond motifs is 1. The minimum Gasteiger partial charge on any atom is -0.345 e. The minimum atomic E-state index is -0.154. The highest BCUT2D eigenvalue weighted by atomic mass is 16.2. The lowest BCUT2D eigenvalue weighted by molar-refractivity contribution is -0.140. The standard InChI is InChI=1S/C34H39N5O2/c40-31(39-34-15-22-8-23(16-34)10-24(9-22)17-34)28-11-27-29(18-35-28)38-30(37-27)25-1-3-26(4-2-25)36-32(41)33-12-19-5-20(13-33)7-21(6-19)14-33/h1-4,11,18-24H,5-10,12-17H2,(H,36,41)(H,37,38)(H,39,40). The van der Waals surface area contributed by atoms with Crippen LogP contribution in [-0.2, 0) is 4.79 Å². The summed E-state index contributed by atoms with van der Waals surface area (Å²) in [7, 11) is 0. The Bertz CT molecular complexity index is 1480. The van der Waals surface area contributed by atoms with Crippen LogP contribution >= 0.6 is 0 Å². The van der Waals surface area contributed by atoms with Crippen molar-refractivity contribution in [3.8, 4) is 11.4 Å². The van der Waals surface area contributed by atoms with Crippen LogP contribution in [0.25, 0.3) is 22.4 Å². The smallest absolute Gasteiger partial charge is 0.270 e. The number of benzene rings is 1. The highest BCUT2D eigenvalue weighted by Crippen LogP contribution is 2.60. The highest BCUT2D eigenvalue weighted by molar-refractivity contribution is 5.97. The molecule has 2 aromatic heterocycles. The molecule has 8 fully saturated rings. The summed E-state index contributed by atoms with van der Waals surface area (Å²) < 4.78 is 0. The monoisotopic (exact) mass is 549 g/mol. The number of anilines is 1. The summed E-state index contributed by atoms with van der Waals surface area (Å²) in [5.74, 6) is 5.48. The average Bonchev–Trinajstić information content (AvgIpc) is 3.35. The first-order valence-corrected chi connectivity index (χ1v) is 16.0. The number of amides is 2. The zero-order chi connectivity index (χ0) is 27.3. The van der Waals surface area contributed by atoms with Gasteiger partial charge in [0, 0.05) is 16.8 Å². The lowest BCUT2D eigenvalue weighted by Gasteiger charge is -2.56. The zero-order valence-electron chi connectivity index (χ0n) is 23.6. The molecule has 8 bridgehead atoms. The van der Waals surface area contributed by atoms with Gasteiger partial charge in [-0.25, -0.2) is 9.97 Å². The van der Waals surface area contributed by atoms with Crippen molar-refractivity contribution >= 4 is 28.5 Å². The Morgan fingerprint density at radius 2 is 1.34 bits per heavy atom. The molecule has 7 heteroatoms. The molecule has 0 unspecified atom stereocenters. The normalized spacial score (nSPS) is 38.0. The molecule has 3 N–H and O–H groups in total. The van der Waals surface area contributed by atoms with Gasteiger partial charge in [0.05, 0.1) is 22.6 Å². The van der Waals surface area contributed by atoms with Crippen LogP contribution in [0, 0.1) is 40.9 Å². The number of carbonyl (C=O) groups is 2. The van der Waals surface area contributed by atoms with Crippen molar-refractivity contribution in [2.75, 3.05) is 5.32 Å². The summed E-state index contributed by atoms with van der Waals surface area (Å²) in [4.78, 5) is 39.5. The Morgan fingerprint density at radius 3 is 1.93 bits per heavy atom. The number of carbonyl (C=O) groups excluding carboxylic acids is 2. The molecule has 7 nitrogen and oxygen atoms in total. The molecule has 0 aliphatic heterocycles. The van der Waals surface area contributed by atoms with E-state index in [0.717, 1.165) is 102 Å². The van der Waals surface area contributed by atoms with Crippen LogP contribution in [0.2, 0.25) is 0 Å². The first-order valence-electron chi connectivity index (χ1n) is 16.0. The molecule has 3 aromatic rings. The maximum absolute atomic E-state index is 13.5. The fourth-order valence-electron chi connectivity index (χ4n) is 11.1. The molecule has 8 aliphatic carbocycles. The topological polar surface area (TPSA) is 99.8 Å². The van der Waals surface area contributed by atoms with Gasteiger partial charge in [-0.15, -0.1) is 0 Å². The molecular formula is C34H39N5O2. The Balaban J connectivity index is 0.900. The zero-order valence-corrected chi connectivity index (χ0v) is 23.6. The van der Waals surface area contributed by atoms with Crippen LogP contribution in [0.1, 0.15) is 87.5 Å². The fourth-order valence-corrected chi connectivity index (χ4v) is 11.1. The lowest BCUT2D eigenvalue weighted by atomic mass is 9.49. The lowest BCUT2D eigenvalue weighted by Crippen LogP contribution is -2.59. The molecule has 212 valence electrons. The molecule has 8 aliphatic rings. The molecule has 11 rings (SSSR count). The number of nitrogens with zero attached hydrogens (tertiary/aromatic N) is 2. The van der Waals surface area contributed by atoms with E-state index in [0.29, 0.717) is 5.69 Å². The second kappa shape index (κ2) is 8.65. The predicted molar refractivity (Wildman–Crippen MR) is 157 cm³/mol. The first-order chi connectivity index (χ1) is 19.9. The molecule has 0 atom stereocenters. The molecule has 1 aromatic carbocycles. The average molecular weight is 550 g/mol. The second-order valence-corrected chi connectivity index (χ2v) is 15.1. The number of imidazole rings is 1. The summed E-state index contributed by atoms with van der Waals surface area (Å²) in [5, 5.41) is 6.69. The van der Waals surface area contributed by atoms with Gasteiger partial charge < -0.3 is 15.6 Å². The second-order valence-electron chi connectivity index (χ2n) is 15.1. The summed E-state index contributed by atoms with van der Waals surface area (Å²) >= 11 is 0. The van der Waals surface area contributed by atoms with Crippen molar-refractivity contribution in [3.63, 3.8) is 0 Å². The van der Waals surface area contributed by atoms with E-state index in [4.69, 9.17) is 4.98 Å². The Hall–Kier alpha value is -3.22. The predicted octanol–water partition coefficient (Wildman–Crippen LogP) is 6.48. The SMILES string of the molecule is O=C(NC12CC3CC(CC(C3)C1)C2)c1cc2nc(-c3ccc(NC(=O)C45CC6CC(CC(C6)C4)C5)cc3)[nH]c2cn1. The van der Waals surface area contributed by atoms with Gasteiger partial charge in [0.25, 0.3) is 5.91 Å². The van der Waals surface area contributed by atoms with Crippen molar-refractivity contribution in [2.45, 2.75) is 82.6 Å². The summed E-state index contributed by atoms with van der Waals surface area (Å²) in [6.45, 7) is 0. The van der Waals surface area contributed by atoms with E-state index in [2.05, 4.69) is 20.6 Å². The molecular weight excluding hydrogens is 510 g/mol. The number of aromatic amines is 1. The molecule has 41 heavy (non-hydrogen) atoms. The van der Waals surface area contributed by atoms with Gasteiger partial charge in [0.2, 0.25) is 5.91 Å². The Labute approximate surface area is 240 Å². The van der Waals surface area contributed by atoms with Gasteiger partial charge in [-0.05, 0) is 143 Å². The Morgan fingerprint density at radius 1 is 0.780 bits per heavy atom. The van der Waals surface area contributed by atoms with Gasteiger partial charge >= 0.3 is 0 Å². The van der Waals surface area contributed by atoms with Crippen molar-refractivity contribution < 1.29 is 9.59 Å². The van der Waals surface area contributed by atoms with Gasteiger partial charge in [-0.2, -0.15) is 0 Å². The molecule has 0 saturated heterocycles. The van der Waals surface area contributed by atoms with Crippen LogP contribution < -0.4 is 10.6 Å². The quantitative estimate of drug-likeness (QED) is 0.339. The largest absolute Gasteiger partial charge is 0.345 e.